The first-order valence-corrected chi connectivity index (χ1v) is 7.54. The molecule has 0 aromatic rings. The standard InChI is InChI=1S/C15H30N2O5/c1-15(2,3)22-14(19)17-9-6-7-12(11-20-4)16-10-8-13(18)21-5/h12,16H,6-11H2,1-5H3,(H,17,19). The smallest absolute Gasteiger partial charge is 0.407 e. The van der Waals surface area contributed by atoms with E-state index in [1.807, 2.05) is 20.8 Å². The molecule has 7 heteroatoms. The van der Waals surface area contributed by atoms with Crippen LogP contribution in [0.4, 0.5) is 4.79 Å². The number of amides is 1. The monoisotopic (exact) mass is 318 g/mol. The summed E-state index contributed by atoms with van der Waals surface area (Å²) in [6.07, 6.45) is 1.53. The van der Waals surface area contributed by atoms with E-state index < -0.39 is 11.7 Å². The number of carbonyl (C=O) groups excluding carboxylic acids is 2. The Bertz CT molecular complexity index is 328. The van der Waals surface area contributed by atoms with Crippen molar-refractivity contribution in [3.8, 4) is 0 Å². The van der Waals surface area contributed by atoms with Gasteiger partial charge < -0.3 is 24.8 Å². The van der Waals surface area contributed by atoms with E-state index in [9.17, 15) is 9.59 Å². The number of hydrogen-bond acceptors (Lipinski definition) is 6. The van der Waals surface area contributed by atoms with E-state index in [2.05, 4.69) is 15.4 Å². The predicted molar refractivity (Wildman–Crippen MR) is 83.8 cm³/mol. The Hall–Kier alpha value is -1.34. The van der Waals surface area contributed by atoms with Crippen LogP contribution in [0.3, 0.4) is 0 Å². The van der Waals surface area contributed by atoms with Crippen LogP contribution in [-0.2, 0) is 19.0 Å². The first kappa shape index (κ1) is 20.7. The van der Waals surface area contributed by atoms with Crippen LogP contribution >= 0.6 is 0 Å². The third-order valence-corrected chi connectivity index (χ3v) is 2.76. The first-order valence-electron chi connectivity index (χ1n) is 7.54. The molecule has 0 aromatic carbocycles. The first-order chi connectivity index (χ1) is 10.3. The van der Waals surface area contributed by atoms with E-state index in [1.54, 1.807) is 7.11 Å². The zero-order chi connectivity index (χ0) is 17.0. The molecule has 1 unspecified atom stereocenters. The van der Waals surface area contributed by atoms with Crippen LogP contribution in [0.5, 0.6) is 0 Å². The Morgan fingerprint density at radius 2 is 1.82 bits per heavy atom. The Balaban J connectivity index is 3.85. The molecule has 0 rings (SSSR count). The van der Waals surface area contributed by atoms with Gasteiger partial charge in [0.1, 0.15) is 5.60 Å². The van der Waals surface area contributed by atoms with Crippen molar-refractivity contribution in [2.24, 2.45) is 0 Å². The molecular weight excluding hydrogens is 288 g/mol. The van der Waals surface area contributed by atoms with Crippen LogP contribution in [0.15, 0.2) is 0 Å². The lowest BCUT2D eigenvalue weighted by atomic mass is 10.1. The van der Waals surface area contributed by atoms with Gasteiger partial charge in [-0.2, -0.15) is 0 Å². The highest BCUT2D eigenvalue weighted by atomic mass is 16.6. The zero-order valence-electron chi connectivity index (χ0n) is 14.4. The van der Waals surface area contributed by atoms with Crippen LogP contribution in [0.1, 0.15) is 40.0 Å². The molecule has 130 valence electrons. The summed E-state index contributed by atoms with van der Waals surface area (Å²) >= 11 is 0. The quantitative estimate of drug-likeness (QED) is 0.468. The molecule has 0 aliphatic carbocycles. The zero-order valence-corrected chi connectivity index (χ0v) is 14.4. The highest BCUT2D eigenvalue weighted by Crippen LogP contribution is 2.06. The van der Waals surface area contributed by atoms with Gasteiger partial charge in [-0.15, -0.1) is 0 Å². The van der Waals surface area contributed by atoms with E-state index >= 15 is 0 Å². The van der Waals surface area contributed by atoms with Gasteiger partial charge in [0.25, 0.3) is 0 Å². The second-order valence-corrected chi connectivity index (χ2v) is 6.00. The molecule has 0 aliphatic heterocycles. The number of nitrogens with one attached hydrogen (secondary N) is 2. The van der Waals surface area contributed by atoms with Crippen LogP contribution < -0.4 is 10.6 Å². The molecular formula is C15H30N2O5. The lowest BCUT2D eigenvalue weighted by Gasteiger charge is -2.20. The summed E-state index contributed by atoms with van der Waals surface area (Å²) in [4.78, 5) is 22.5. The van der Waals surface area contributed by atoms with Gasteiger partial charge in [0.2, 0.25) is 0 Å². The third-order valence-electron chi connectivity index (χ3n) is 2.76. The Labute approximate surface area is 133 Å². The topological polar surface area (TPSA) is 85.9 Å². The molecule has 1 amide bonds. The fourth-order valence-electron chi connectivity index (χ4n) is 1.78. The van der Waals surface area contributed by atoms with Gasteiger partial charge in [0, 0.05) is 26.2 Å². The minimum absolute atomic E-state index is 0.134. The lowest BCUT2D eigenvalue weighted by molar-refractivity contribution is -0.140. The van der Waals surface area contributed by atoms with Gasteiger partial charge in [0.15, 0.2) is 0 Å². The summed E-state index contributed by atoms with van der Waals surface area (Å²) in [5.74, 6) is -0.241. The Morgan fingerprint density at radius 3 is 2.36 bits per heavy atom. The number of ether oxygens (including phenoxy) is 3. The minimum atomic E-state index is -0.488. The van der Waals surface area contributed by atoms with Crippen molar-refractivity contribution in [3.05, 3.63) is 0 Å². The van der Waals surface area contributed by atoms with Crippen molar-refractivity contribution >= 4 is 12.1 Å². The highest BCUT2D eigenvalue weighted by molar-refractivity contribution is 5.69. The highest BCUT2D eigenvalue weighted by Gasteiger charge is 2.15. The van der Waals surface area contributed by atoms with Crippen LogP contribution in [0.25, 0.3) is 0 Å². The molecule has 0 heterocycles. The maximum absolute atomic E-state index is 11.5. The fourth-order valence-corrected chi connectivity index (χ4v) is 1.78. The lowest BCUT2D eigenvalue weighted by Crippen LogP contribution is -2.36. The Kier molecular flexibility index (Phi) is 10.6. The third kappa shape index (κ3) is 12.4. The molecule has 7 nitrogen and oxygen atoms in total. The van der Waals surface area contributed by atoms with E-state index in [0.29, 0.717) is 26.1 Å². The van der Waals surface area contributed by atoms with Crippen molar-refractivity contribution in [1.82, 2.24) is 10.6 Å². The van der Waals surface area contributed by atoms with Gasteiger partial charge in [-0.25, -0.2) is 4.79 Å². The molecule has 22 heavy (non-hydrogen) atoms. The summed E-state index contributed by atoms with van der Waals surface area (Å²) in [5, 5.41) is 5.96. The minimum Gasteiger partial charge on any atom is -0.469 e. The number of esters is 1. The largest absolute Gasteiger partial charge is 0.469 e. The number of methoxy groups -OCH3 is 2. The van der Waals surface area contributed by atoms with E-state index in [4.69, 9.17) is 9.47 Å². The van der Waals surface area contributed by atoms with Crippen molar-refractivity contribution in [2.75, 3.05) is 33.9 Å². The molecule has 2 N–H and O–H groups in total. The maximum atomic E-state index is 11.5. The summed E-state index contributed by atoms with van der Waals surface area (Å²) in [6, 6.07) is 0.134. The van der Waals surface area contributed by atoms with Crippen molar-refractivity contribution in [2.45, 2.75) is 51.7 Å². The molecule has 0 radical (unpaired) electrons. The summed E-state index contributed by atoms with van der Waals surface area (Å²) in [5.41, 5.74) is -0.488. The van der Waals surface area contributed by atoms with Crippen LogP contribution in [0, 0.1) is 0 Å². The number of carbonyl (C=O) groups is 2. The van der Waals surface area contributed by atoms with Gasteiger partial charge >= 0.3 is 12.1 Å². The number of hydrogen-bond donors (Lipinski definition) is 2. The van der Waals surface area contributed by atoms with Crippen molar-refractivity contribution in [1.29, 1.82) is 0 Å². The average molecular weight is 318 g/mol. The molecule has 0 saturated heterocycles. The fraction of sp³-hybridized carbons (Fsp3) is 0.867. The molecule has 0 aromatic heterocycles. The van der Waals surface area contributed by atoms with Crippen molar-refractivity contribution in [3.63, 3.8) is 0 Å². The normalized spacial score (nSPS) is 12.6. The van der Waals surface area contributed by atoms with Gasteiger partial charge in [0.05, 0.1) is 20.1 Å². The summed E-state index contributed by atoms with van der Waals surface area (Å²) in [6.45, 7) is 7.10. The second kappa shape index (κ2) is 11.3. The Morgan fingerprint density at radius 1 is 1.14 bits per heavy atom. The summed E-state index contributed by atoms with van der Waals surface area (Å²) < 4.78 is 14.9. The van der Waals surface area contributed by atoms with E-state index in [1.165, 1.54) is 7.11 Å². The van der Waals surface area contributed by atoms with Crippen LogP contribution in [0.2, 0.25) is 0 Å². The van der Waals surface area contributed by atoms with E-state index in [-0.39, 0.29) is 12.0 Å². The maximum Gasteiger partial charge on any atom is 0.407 e. The van der Waals surface area contributed by atoms with Gasteiger partial charge in [-0.3, -0.25) is 4.79 Å². The van der Waals surface area contributed by atoms with Gasteiger partial charge in [-0.1, -0.05) is 0 Å². The van der Waals surface area contributed by atoms with E-state index in [0.717, 1.165) is 12.8 Å². The van der Waals surface area contributed by atoms with Gasteiger partial charge in [-0.05, 0) is 33.6 Å². The predicted octanol–water partition coefficient (Wildman–Crippen LogP) is 1.46. The number of rotatable bonds is 10. The molecule has 0 aliphatic rings. The van der Waals surface area contributed by atoms with Crippen LogP contribution in [-0.4, -0.2) is 57.6 Å². The second-order valence-electron chi connectivity index (χ2n) is 6.00. The molecule has 0 spiro atoms. The number of alkyl carbamates (subject to hydrolysis) is 1. The molecule has 0 bridgehead atoms. The summed E-state index contributed by atoms with van der Waals surface area (Å²) in [7, 11) is 3.01. The molecule has 1 atom stereocenters. The molecule has 0 fully saturated rings. The van der Waals surface area contributed by atoms with Crippen molar-refractivity contribution < 1.29 is 23.8 Å². The SMILES string of the molecule is COCC(CCCNC(=O)OC(C)(C)C)NCCC(=O)OC. The molecule has 0 saturated carbocycles. The average Bonchev–Trinajstić information content (AvgIpc) is 2.41.